The van der Waals surface area contributed by atoms with Crippen LogP contribution in [0, 0.1) is 0 Å². The third-order valence-electron chi connectivity index (χ3n) is 4.31. The van der Waals surface area contributed by atoms with Gasteiger partial charge < -0.3 is 14.8 Å². The van der Waals surface area contributed by atoms with Crippen molar-refractivity contribution in [3.63, 3.8) is 0 Å². The maximum Gasteiger partial charge on any atom is 0.276 e. The van der Waals surface area contributed by atoms with Crippen molar-refractivity contribution in [2.24, 2.45) is 0 Å². The molecule has 5 nitrogen and oxygen atoms in total. The number of carbonyl (C=O) groups is 1. The van der Waals surface area contributed by atoms with Crippen molar-refractivity contribution in [1.29, 1.82) is 0 Å². The number of ether oxygens (including phenoxy) is 2. The van der Waals surface area contributed by atoms with Gasteiger partial charge in [0.25, 0.3) is 5.91 Å². The molecular formula is C21H20Cl2N2O3S. The van der Waals surface area contributed by atoms with E-state index in [1.165, 1.54) is 0 Å². The van der Waals surface area contributed by atoms with Gasteiger partial charge in [-0.1, -0.05) is 42.3 Å². The summed E-state index contributed by atoms with van der Waals surface area (Å²) in [4.78, 5) is 14.0. The standard InChI is InChI=1S/C21H20Cl2N2O3S/c1-3-8-25-20(26)17(24-21(25)29)9-13-4-7-18(19(10-13)27-2)28-12-14-5-6-15(22)11-16(14)23/h4-7,9-11H,3,8,12H2,1-2H3,(H,24,29)/b17-9-. The predicted molar refractivity (Wildman–Crippen MR) is 120 cm³/mol. The number of halogens is 2. The lowest BCUT2D eigenvalue weighted by molar-refractivity contribution is -0.122. The summed E-state index contributed by atoms with van der Waals surface area (Å²) in [6.07, 6.45) is 2.57. The normalized spacial score (nSPS) is 15.0. The zero-order chi connectivity index (χ0) is 21.0. The van der Waals surface area contributed by atoms with E-state index in [2.05, 4.69) is 5.32 Å². The Labute approximate surface area is 185 Å². The Hall–Kier alpha value is -2.28. The number of carbonyl (C=O) groups excluding carboxylic acids is 1. The summed E-state index contributed by atoms with van der Waals surface area (Å²) in [7, 11) is 1.56. The van der Waals surface area contributed by atoms with E-state index in [0.29, 0.717) is 38.9 Å². The number of rotatable bonds is 7. The SMILES string of the molecule is CCCN1C(=O)/C(=C/c2ccc(OCc3ccc(Cl)cc3Cl)c(OC)c2)NC1=S. The van der Waals surface area contributed by atoms with E-state index in [9.17, 15) is 4.79 Å². The van der Waals surface area contributed by atoms with E-state index in [1.807, 2.05) is 19.1 Å². The number of thiocarbonyl (C=S) groups is 1. The van der Waals surface area contributed by atoms with Crippen LogP contribution in [0.3, 0.4) is 0 Å². The van der Waals surface area contributed by atoms with Crippen molar-refractivity contribution >= 4 is 52.5 Å². The quantitative estimate of drug-likeness (QED) is 0.472. The average molecular weight is 451 g/mol. The van der Waals surface area contributed by atoms with Crippen LogP contribution in [0.5, 0.6) is 11.5 Å². The highest BCUT2D eigenvalue weighted by Crippen LogP contribution is 2.31. The second-order valence-corrected chi connectivity index (χ2v) is 7.61. The van der Waals surface area contributed by atoms with Gasteiger partial charge in [-0.2, -0.15) is 0 Å². The second kappa shape index (κ2) is 9.48. The number of hydrogen-bond donors (Lipinski definition) is 1. The summed E-state index contributed by atoms with van der Waals surface area (Å²) in [6.45, 7) is 2.86. The molecule has 1 N–H and O–H groups in total. The van der Waals surface area contributed by atoms with Crippen LogP contribution in [0.4, 0.5) is 0 Å². The Balaban J connectivity index is 1.77. The first-order valence-corrected chi connectivity index (χ1v) is 10.2. The van der Waals surface area contributed by atoms with Crippen LogP contribution in [-0.4, -0.2) is 29.6 Å². The van der Waals surface area contributed by atoms with Crippen LogP contribution in [-0.2, 0) is 11.4 Å². The topological polar surface area (TPSA) is 50.8 Å². The highest BCUT2D eigenvalue weighted by Gasteiger charge is 2.29. The van der Waals surface area contributed by atoms with Gasteiger partial charge in [-0.05, 0) is 54.5 Å². The zero-order valence-corrected chi connectivity index (χ0v) is 18.3. The summed E-state index contributed by atoms with van der Waals surface area (Å²) >= 11 is 17.4. The lowest BCUT2D eigenvalue weighted by Crippen LogP contribution is -2.31. The third-order valence-corrected chi connectivity index (χ3v) is 5.22. The van der Waals surface area contributed by atoms with Crippen molar-refractivity contribution in [2.75, 3.05) is 13.7 Å². The van der Waals surface area contributed by atoms with Crippen LogP contribution in [0.25, 0.3) is 6.08 Å². The minimum Gasteiger partial charge on any atom is -0.493 e. The van der Waals surface area contributed by atoms with E-state index in [-0.39, 0.29) is 12.5 Å². The highest BCUT2D eigenvalue weighted by atomic mass is 35.5. The molecule has 1 heterocycles. The fraction of sp³-hybridized carbons (Fsp3) is 0.238. The molecule has 0 aromatic heterocycles. The van der Waals surface area contributed by atoms with Crippen molar-refractivity contribution in [3.8, 4) is 11.5 Å². The van der Waals surface area contributed by atoms with Crippen molar-refractivity contribution < 1.29 is 14.3 Å². The molecule has 1 amide bonds. The molecule has 1 fully saturated rings. The Morgan fingerprint density at radius 1 is 1.17 bits per heavy atom. The van der Waals surface area contributed by atoms with Crippen molar-refractivity contribution in [1.82, 2.24) is 10.2 Å². The van der Waals surface area contributed by atoms with Crippen LogP contribution >= 0.6 is 35.4 Å². The van der Waals surface area contributed by atoms with Gasteiger partial charge in [0.1, 0.15) is 12.3 Å². The molecular weight excluding hydrogens is 431 g/mol. The molecule has 0 radical (unpaired) electrons. The number of amides is 1. The molecule has 29 heavy (non-hydrogen) atoms. The Kier molecular flexibility index (Phi) is 7.00. The van der Waals surface area contributed by atoms with E-state index in [4.69, 9.17) is 44.9 Å². The van der Waals surface area contributed by atoms with Crippen LogP contribution in [0.15, 0.2) is 42.1 Å². The number of benzene rings is 2. The fourth-order valence-electron chi connectivity index (χ4n) is 2.85. The van der Waals surface area contributed by atoms with Crippen LogP contribution in [0.1, 0.15) is 24.5 Å². The third kappa shape index (κ3) is 5.01. The number of hydrogen-bond acceptors (Lipinski definition) is 4. The Morgan fingerprint density at radius 3 is 2.66 bits per heavy atom. The molecule has 1 aliphatic rings. The summed E-state index contributed by atoms with van der Waals surface area (Å²) in [6, 6.07) is 10.7. The molecule has 0 saturated carbocycles. The maximum atomic E-state index is 12.5. The molecule has 2 aromatic carbocycles. The smallest absolute Gasteiger partial charge is 0.276 e. The van der Waals surface area contributed by atoms with Crippen molar-refractivity contribution in [2.45, 2.75) is 20.0 Å². The monoisotopic (exact) mass is 450 g/mol. The van der Waals surface area contributed by atoms with E-state index >= 15 is 0 Å². The van der Waals surface area contributed by atoms with E-state index in [1.54, 1.807) is 42.4 Å². The van der Waals surface area contributed by atoms with Gasteiger partial charge in [0.2, 0.25) is 0 Å². The van der Waals surface area contributed by atoms with Gasteiger partial charge in [0.05, 0.1) is 7.11 Å². The lowest BCUT2D eigenvalue weighted by Gasteiger charge is -2.12. The number of nitrogens with one attached hydrogen (secondary N) is 1. The number of methoxy groups -OCH3 is 1. The molecule has 0 spiro atoms. The molecule has 1 saturated heterocycles. The van der Waals surface area contributed by atoms with Crippen molar-refractivity contribution in [3.05, 3.63) is 63.3 Å². The van der Waals surface area contributed by atoms with Gasteiger partial charge >= 0.3 is 0 Å². The highest BCUT2D eigenvalue weighted by molar-refractivity contribution is 7.80. The molecule has 2 aromatic rings. The van der Waals surface area contributed by atoms with Gasteiger partial charge in [-0.15, -0.1) is 0 Å². The van der Waals surface area contributed by atoms with Gasteiger partial charge in [-0.25, -0.2) is 0 Å². The molecule has 0 bridgehead atoms. The van der Waals surface area contributed by atoms with E-state index < -0.39 is 0 Å². The largest absolute Gasteiger partial charge is 0.493 e. The summed E-state index contributed by atoms with van der Waals surface area (Å²) in [5.74, 6) is 0.978. The lowest BCUT2D eigenvalue weighted by atomic mass is 10.1. The fourth-order valence-corrected chi connectivity index (χ4v) is 3.60. The minimum atomic E-state index is -0.131. The summed E-state index contributed by atoms with van der Waals surface area (Å²) < 4.78 is 11.3. The molecule has 0 unspecified atom stereocenters. The Morgan fingerprint density at radius 2 is 1.97 bits per heavy atom. The maximum absolute atomic E-state index is 12.5. The minimum absolute atomic E-state index is 0.131. The molecule has 3 rings (SSSR count). The molecule has 152 valence electrons. The first kappa shape index (κ1) is 21.4. The van der Waals surface area contributed by atoms with Gasteiger partial charge in [0, 0.05) is 22.2 Å². The van der Waals surface area contributed by atoms with Gasteiger partial charge in [-0.3, -0.25) is 9.69 Å². The average Bonchev–Trinajstić information content (AvgIpc) is 2.95. The van der Waals surface area contributed by atoms with E-state index in [0.717, 1.165) is 17.5 Å². The molecule has 0 aliphatic carbocycles. The van der Waals surface area contributed by atoms with Gasteiger partial charge in [0.15, 0.2) is 16.6 Å². The summed E-state index contributed by atoms with van der Waals surface area (Å²) in [5.41, 5.74) is 2.04. The molecule has 0 atom stereocenters. The first-order valence-electron chi connectivity index (χ1n) is 9.02. The zero-order valence-electron chi connectivity index (χ0n) is 16.0. The summed E-state index contributed by atoms with van der Waals surface area (Å²) in [5, 5.41) is 4.50. The molecule has 8 heteroatoms. The predicted octanol–water partition coefficient (Wildman–Crippen LogP) is 5.05. The molecule has 1 aliphatic heterocycles. The van der Waals surface area contributed by atoms with Crippen LogP contribution < -0.4 is 14.8 Å². The van der Waals surface area contributed by atoms with Crippen LogP contribution in [0.2, 0.25) is 10.0 Å². The second-order valence-electron chi connectivity index (χ2n) is 6.38. The number of nitrogens with zero attached hydrogens (tertiary/aromatic N) is 1. The Bertz CT molecular complexity index is 978. The first-order chi connectivity index (χ1) is 13.9.